The molecule has 0 saturated heterocycles. The molecule has 0 aliphatic heterocycles. The fourth-order valence-electron chi connectivity index (χ4n) is 1.59. The van der Waals surface area contributed by atoms with Crippen LogP contribution >= 0.6 is 15.9 Å². The lowest BCUT2D eigenvalue weighted by Gasteiger charge is -2.14. The van der Waals surface area contributed by atoms with Gasteiger partial charge in [-0.2, -0.15) is 5.10 Å². The van der Waals surface area contributed by atoms with Gasteiger partial charge in [-0.25, -0.2) is 0 Å². The van der Waals surface area contributed by atoms with Gasteiger partial charge in [0.15, 0.2) is 0 Å². The van der Waals surface area contributed by atoms with E-state index in [4.69, 9.17) is 0 Å². The number of carbonyl (C=O) groups is 1. The summed E-state index contributed by atoms with van der Waals surface area (Å²) in [6.45, 7) is 3.72. The number of rotatable bonds is 3. The molecule has 0 saturated carbocycles. The molecule has 0 aliphatic rings. The monoisotopic (exact) mass is 308 g/mol. The average Bonchev–Trinajstić information content (AvgIpc) is 2.70. The van der Waals surface area contributed by atoms with Crippen LogP contribution in [0.4, 0.5) is 5.69 Å². The molecular formula is C12H13BrN4O. The zero-order valence-electron chi connectivity index (χ0n) is 10.1. The normalized spacial score (nSPS) is 12.2. The second-order valence-corrected chi connectivity index (χ2v) is 4.78. The number of amides is 1. The van der Waals surface area contributed by atoms with Gasteiger partial charge in [-0.15, -0.1) is 0 Å². The number of nitrogens with zero attached hydrogens (tertiary/aromatic N) is 3. The molecule has 94 valence electrons. The fourth-order valence-corrected chi connectivity index (χ4v) is 1.86. The lowest BCUT2D eigenvalue weighted by atomic mass is 10.3. The first-order valence-electron chi connectivity index (χ1n) is 5.50. The van der Waals surface area contributed by atoms with Gasteiger partial charge in [-0.1, -0.05) is 0 Å². The van der Waals surface area contributed by atoms with Gasteiger partial charge in [-0.3, -0.25) is 14.5 Å². The summed E-state index contributed by atoms with van der Waals surface area (Å²) in [4.78, 5) is 16.0. The summed E-state index contributed by atoms with van der Waals surface area (Å²) in [5, 5.41) is 7.00. The first-order chi connectivity index (χ1) is 8.59. The molecule has 2 rings (SSSR count). The van der Waals surface area contributed by atoms with Crippen LogP contribution < -0.4 is 5.32 Å². The quantitative estimate of drug-likeness (QED) is 0.948. The van der Waals surface area contributed by atoms with Crippen LogP contribution in [0.3, 0.4) is 0 Å². The molecule has 0 spiro atoms. The predicted molar refractivity (Wildman–Crippen MR) is 72.2 cm³/mol. The highest BCUT2D eigenvalue weighted by atomic mass is 79.9. The minimum Gasteiger partial charge on any atom is -0.324 e. The largest absolute Gasteiger partial charge is 0.324 e. The van der Waals surface area contributed by atoms with Gasteiger partial charge >= 0.3 is 0 Å². The highest BCUT2D eigenvalue weighted by Crippen LogP contribution is 2.19. The maximum atomic E-state index is 12.1. The molecular weight excluding hydrogens is 296 g/mol. The van der Waals surface area contributed by atoms with Crippen molar-refractivity contribution in [1.82, 2.24) is 14.8 Å². The molecule has 1 amide bonds. The minimum atomic E-state index is -0.371. The van der Waals surface area contributed by atoms with Gasteiger partial charge in [0.1, 0.15) is 6.04 Å². The number of pyridine rings is 1. The summed E-state index contributed by atoms with van der Waals surface area (Å²) in [5.41, 5.74) is 1.65. The van der Waals surface area contributed by atoms with Crippen molar-refractivity contribution in [3.8, 4) is 0 Å². The number of halogens is 1. The van der Waals surface area contributed by atoms with Crippen LogP contribution in [0.5, 0.6) is 0 Å². The van der Waals surface area contributed by atoms with Crippen molar-refractivity contribution in [2.75, 3.05) is 5.32 Å². The van der Waals surface area contributed by atoms with E-state index in [2.05, 4.69) is 31.3 Å². The van der Waals surface area contributed by atoms with Gasteiger partial charge in [0.2, 0.25) is 5.91 Å². The predicted octanol–water partition coefficient (Wildman–Crippen LogP) is 2.55. The van der Waals surface area contributed by atoms with E-state index in [0.29, 0.717) is 0 Å². The lowest BCUT2D eigenvalue weighted by Crippen LogP contribution is -2.25. The van der Waals surface area contributed by atoms with Crippen LogP contribution in [0.15, 0.2) is 35.2 Å². The fraction of sp³-hybridized carbons (Fsp3) is 0.250. The van der Waals surface area contributed by atoms with E-state index in [1.165, 1.54) is 0 Å². The maximum absolute atomic E-state index is 12.1. The molecule has 1 N–H and O–H groups in total. The smallest absolute Gasteiger partial charge is 0.248 e. The Morgan fingerprint density at radius 1 is 1.44 bits per heavy atom. The molecule has 0 aliphatic carbocycles. The molecule has 18 heavy (non-hydrogen) atoms. The highest BCUT2D eigenvalue weighted by Gasteiger charge is 2.18. The van der Waals surface area contributed by atoms with Gasteiger partial charge in [0.25, 0.3) is 0 Å². The van der Waals surface area contributed by atoms with Crippen molar-refractivity contribution in [2.24, 2.45) is 0 Å². The molecule has 1 atom stereocenters. The Morgan fingerprint density at radius 2 is 2.11 bits per heavy atom. The van der Waals surface area contributed by atoms with E-state index in [-0.39, 0.29) is 11.9 Å². The van der Waals surface area contributed by atoms with E-state index < -0.39 is 0 Å². The lowest BCUT2D eigenvalue weighted by molar-refractivity contribution is -0.119. The summed E-state index contributed by atoms with van der Waals surface area (Å²) in [6.07, 6.45) is 4.96. The third kappa shape index (κ3) is 2.59. The second kappa shape index (κ2) is 5.30. The van der Waals surface area contributed by atoms with Crippen molar-refractivity contribution in [3.05, 3.63) is 40.9 Å². The third-order valence-corrected chi connectivity index (χ3v) is 3.46. The van der Waals surface area contributed by atoms with Crippen molar-refractivity contribution < 1.29 is 4.79 Å². The summed E-state index contributed by atoms with van der Waals surface area (Å²) >= 11 is 3.38. The zero-order valence-corrected chi connectivity index (χ0v) is 11.7. The number of hydrogen-bond acceptors (Lipinski definition) is 3. The van der Waals surface area contributed by atoms with Gasteiger partial charge in [-0.05, 0) is 41.9 Å². The summed E-state index contributed by atoms with van der Waals surface area (Å²) in [6, 6.07) is 3.12. The molecule has 0 aromatic carbocycles. The first kappa shape index (κ1) is 12.8. The Bertz CT molecular complexity index is 552. The molecule has 0 radical (unpaired) electrons. The van der Waals surface area contributed by atoms with Crippen molar-refractivity contribution >= 4 is 27.5 Å². The molecule has 5 nitrogen and oxygen atoms in total. The molecule has 2 aromatic heterocycles. The summed E-state index contributed by atoms with van der Waals surface area (Å²) in [7, 11) is 0. The number of hydrogen-bond donors (Lipinski definition) is 1. The Kier molecular flexibility index (Phi) is 3.76. The number of anilines is 1. The van der Waals surface area contributed by atoms with E-state index in [1.54, 1.807) is 35.4 Å². The minimum absolute atomic E-state index is 0.111. The van der Waals surface area contributed by atoms with Crippen LogP contribution in [0, 0.1) is 6.92 Å². The van der Waals surface area contributed by atoms with Crippen molar-refractivity contribution in [2.45, 2.75) is 19.9 Å². The Balaban J connectivity index is 2.12. The maximum Gasteiger partial charge on any atom is 0.248 e. The van der Waals surface area contributed by atoms with Gasteiger partial charge in [0.05, 0.1) is 16.4 Å². The van der Waals surface area contributed by atoms with Gasteiger partial charge < -0.3 is 5.32 Å². The first-order valence-corrected chi connectivity index (χ1v) is 6.29. The standard InChI is InChI=1S/C12H13BrN4O/c1-8-11(13)7-15-17(8)9(2)12(18)16-10-3-5-14-6-4-10/h3-7,9H,1-2H3,(H,14,16,18). The molecule has 6 heteroatoms. The van der Waals surface area contributed by atoms with E-state index in [1.807, 2.05) is 13.8 Å². The molecule has 1 unspecified atom stereocenters. The number of nitrogens with one attached hydrogen (secondary N) is 1. The van der Waals surface area contributed by atoms with Crippen LogP contribution in [0.1, 0.15) is 18.7 Å². The molecule has 2 aromatic rings. The van der Waals surface area contributed by atoms with Crippen LogP contribution in [0.2, 0.25) is 0 Å². The third-order valence-electron chi connectivity index (χ3n) is 2.68. The van der Waals surface area contributed by atoms with Crippen LogP contribution in [-0.4, -0.2) is 20.7 Å². The summed E-state index contributed by atoms with van der Waals surface area (Å²) < 4.78 is 2.58. The molecule has 0 fully saturated rings. The Morgan fingerprint density at radius 3 is 2.67 bits per heavy atom. The molecule has 0 bridgehead atoms. The van der Waals surface area contributed by atoms with Crippen molar-refractivity contribution in [1.29, 1.82) is 0 Å². The van der Waals surface area contributed by atoms with Gasteiger partial charge in [0, 0.05) is 18.1 Å². The van der Waals surface area contributed by atoms with E-state index in [0.717, 1.165) is 15.9 Å². The Hall–Kier alpha value is -1.69. The number of aromatic nitrogens is 3. The highest BCUT2D eigenvalue weighted by molar-refractivity contribution is 9.10. The van der Waals surface area contributed by atoms with Crippen molar-refractivity contribution in [3.63, 3.8) is 0 Å². The van der Waals surface area contributed by atoms with E-state index >= 15 is 0 Å². The SMILES string of the molecule is Cc1c(Br)cnn1C(C)C(=O)Nc1ccncc1. The zero-order chi connectivity index (χ0) is 13.1. The topological polar surface area (TPSA) is 59.8 Å². The van der Waals surface area contributed by atoms with Crippen LogP contribution in [0.25, 0.3) is 0 Å². The van der Waals surface area contributed by atoms with Crippen LogP contribution in [-0.2, 0) is 4.79 Å². The number of carbonyl (C=O) groups excluding carboxylic acids is 1. The average molecular weight is 309 g/mol. The Labute approximate surface area is 113 Å². The second-order valence-electron chi connectivity index (χ2n) is 3.92. The molecule has 2 heterocycles. The van der Waals surface area contributed by atoms with E-state index in [9.17, 15) is 4.79 Å². The summed E-state index contributed by atoms with van der Waals surface area (Å²) in [5.74, 6) is -0.111.